The summed E-state index contributed by atoms with van der Waals surface area (Å²) in [5.41, 5.74) is 1.71. The second-order valence-corrected chi connectivity index (χ2v) is 9.70. The van der Waals surface area contributed by atoms with Gasteiger partial charge in [0.2, 0.25) is 5.91 Å². The van der Waals surface area contributed by atoms with Crippen LogP contribution in [-0.4, -0.2) is 37.6 Å². The van der Waals surface area contributed by atoms with Crippen LogP contribution in [0.4, 0.5) is 0 Å². The minimum atomic E-state index is -1.45. The van der Waals surface area contributed by atoms with Crippen LogP contribution in [0.1, 0.15) is 31.9 Å². The minimum absolute atomic E-state index is 0.0462. The van der Waals surface area contributed by atoms with Crippen LogP contribution < -0.4 is 10.1 Å². The zero-order valence-electron chi connectivity index (χ0n) is 21.2. The molecule has 5 atom stereocenters. The number of esters is 2. The van der Waals surface area contributed by atoms with Gasteiger partial charge in [-0.15, -0.1) is 0 Å². The molecule has 1 aliphatic heterocycles. The number of carbonyl (C=O) groups excluding carboxylic acids is 3. The number of rotatable bonds is 8. The summed E-state index contributed by atoms with van der Waals surface area (Å²) in [5, 5.41) is 3.09. The smallest absolute Gasteiger partial charge is 0.322 e. The van der Waals surface area contributed by atoms with Crippen LogP contribution in [0.3, 0.4) is 0 Å². The van der Waals surface area contributed by atoms with E-state index >= 15 is 0 Å². The molecule has 1 amide bonds. The first-order chi connectivity index (χ1) is 17.3. The fourth-order valence-corrected chi connectivity index (χ4v) is 5.72. The van der Waals surface area contributed by atoms with E-state index < -0.39 is 23.3 Å². The van der Waals surface area contributed by atoms with Crippen molar-refractivity contribution in [3.8, 4) is 5.75 Å². The summed E-state index contributed by atoms with van der Waals surface area (Å²) in [7, 11) is 1.29. The molecule has 4 rings (SSSR count). The lowest BCUT2D eigenvalue weighted by Gasteiger charge is -2.44. The first-order valence-corrected chi connectivity index (χ1v) is 12.2. The van der Waals surface area contributed by atoms with E-state index in [0.717, 1.165) is 22.4 Å². The molecular weight excluding hydrogens is 458 g/mol. The van der Waals surface area contributed by atoms with Crippen molar-refractivity contribution in [1.82, 2.24) is 5.32 Å². The summed E-state index contributed by atoms with van der Waals surface area (Å²) < 4.78 is 16.3. The number of allylic oxidation sites excluding steroid dienone is 1. The Hall–Kier alpha value is -3.61. The predicted molar refractivity (Wildman–Crippen MR) is 134 cm³/mol. The molecule has 0 bridgehead atoms. The monoisotopic (exact) mass is 491 g/mol. The Kier molecular flexibility index (Phi) is 7.48. The molecule has 2 aromatic rings. The lowest BCUT2D eigenvalue weighted by molar-refractivity contribution is -0.168. The summed E-state index contributed by atoms with van der Waals surface area (Å²) in [6.45, 7) is 5.76. The van der Waals surface area contributed by atoms with Gasteiger partial charge in [-0.25, -0.2) is 0 Å². The third-order valence-corrected chi connectivity index (χ3v) is 7.57. The third kappa shape index (κ3) is 4.74. The Labute approximate surface area is 211 Å². The van der Waals surface area contributed by atoms with Crippen LogP contribution in [0, 0.1) is 23.2 Å². The standard InChI is InChI=1S/C29H33NO6/c1-18-14-23(17-35-20(3)31)29(28(33)34-4)26(19(18)2)25(30-27(29)32)15-21-10-12-24(13-11-21)36-16-22-8-6-5-7-9-22/h5-14,19,23,25-26H,15-17H2,1-4H3,(H,30,32)/t19-,23-,25+,26+,29-/m1/s1. The van der Waals surface area contributed by atoms with Gasteiger partial charge >= 0.3 is 11.9 Å². The number of nitrogens with one attached hydrogen (secondary N) is 1. The van der Waals surface area contributed by atoms with Gasteiger partial charge in [0.1, 0.15) is 12.4 Å². The van der Waals surface area contributed by atoms with Crippen molar-refractivity contribution in [2.45, 2.75) is 39.8 Å². The largest absolute Gasteiger partial charge is 0.489 e. The van der Waals surface area contributed by atoms with Crippen LogP contribution in [-0.2, 0) is 36.9 Å². The average molecular weight is 492 g/mol. The zero-order chi connectivity index (χ0) is 25.9. The number of ether oxygens (including phenoxy) is 3. The molecule has 1 saturated heterocycles. The first kappa shape index (κ1) is 25.5. The van der Waals surface area contributed by atoms with Crippen molar-refractivity contribution in [2.75, 3.05) is 13.7 Å². The Morgan fingerprint density at radius 2 is 1.72 bits per heavy atom. The second kappa shape index (κ2) is 10.6. The maximum absolute atomic E-state index is 13.5. The number of hydrogen-bond donors (Lipinski definition) is 1. The van der Waals surface area contributed by atoms with Gasteiger partial charge in [-0.05, 0) is 42.5 Å². The summed E-state index contributed by atoms with van der Waals surface area (Å²) in [6.07, 6.45) is 2.44. The van der Waals surface area contributed by atoms with Crippen molar-refractivity contribution < 1.29 is 28.6 Å². The molecule has 7 nitrogen and oxygen atoms in total. The van der Waals surface area contributed by atoms with E-state index in [1.165, 1.54) is 14.0 Å². The summed E-state index contributed by atoms with van der Waals surface area (Å²) in [4.78, 5) is 38.3. The average Bonchev–Trinajstić information content (AvgIpc) is 3.17. The molecule has 0 saturated carbocycles. The molecule has 0 spiro atoms. The SMILES string of the molecule is COC(=O)[C@@]12C(=O)N[C@@H](Cc3ccc(OCc4ccccc4)cc3)[C@@H]1[C@H](C)C(C)=C[C@@H]2COC(C)=O. The summed E-state index contributed by atoms with van der Waals surface area (Å²) in [5.74, 6) is -1.67. The number of carbonyl (C=O) groups is 3. The Morgan fingerprint density at radius 3 is 2.36 bits per heavy atom. The molecule has 190 valence electrons. The normalized spacial score (nSPS) is 26.9. The third-order valence-electron chi connectivity index (χ3n) is 7.57. The number of fused-ring (bicyclic) bond motifs is 1. The maximum atomic E-state index is 13.5. The van der Waals surface area contributed by atoms with E-state index in [1.807, 2.05) is 74.5 Å². The lowest BCUT2D eigenvalue weighted by atomic mass is 9.57. The fraction of sp³-hybridized carbons (Fsp3) is 0.414. The molecule has 1 N–H and O–H groups in total. The van der Waals surface area contributed by atoms with Gasteiger partial charge in [0.25, 0.3) is 0 Å². The van der Waals surface area contributed by atoms with E-state index in [-0.39, 0.29) is 30.4 Å². The van der Waals surface area contributed by atoms with E-state index in [9.17, 15) is 14.4 Å². The van der Waals surface area contributed by atoms with Gasteiger partial charge < -0.3 is 19.5 Å². The zero-order valence-corrected chi connectivity index (χ0v) is 21.2. The lowest BCUT2D eigenvalue weighted by Crippen LogP contribution is -2.54. The summed E-state index contributed by atoms with van der Waals surface area (Å²) in [6, 6.07) is 17.5. The fourth-order valence-electron chi connectivity index (χ4n) is 5.72. The van der Waals surface area contributed by atoms with Gasteiger partial charge in [-0.1, -0.05) is 61.0 Å². The maximum Gasteiger partial charge on any atom is 0.322 e. The highest BCUT2D eigenvalue weighted by Gasteiger charge is 2.67. The van der Waals surface area contributed by atoms with E-state index in [2.05, 4.69) is 5.32 Å². The van der Waals surface area contributed by atoms with Crippen LogP contribution in [0.25, 0.3) is 0 Å². The quantitative estimate of drug-likeness (QED) is 0.343. The highest BCUT2D eigenvalue weighted by atomic mass is 16.5. The van der Waals surface area contributed by atoms with Crippen molar-refractivity contribution >= 4 is 17.8 Å². The topological polar surface area (TPSA) is 90.9 Å². The van der Waals surface area contributed by atoms with Crippen molar-refractivity contribution in [3.05, 3.63) is 77.4 Å². The highest BCUT2D eigenvalue weighted by molar-refractivity contribution is 6.06. The first-order valence-electron chi connectivity index (χ1n) is 12.2. The molecule has 7 heteroatoms. The molecule has 2 aromatic carbocycles. The molecule has 1 heterocycles. The van der Waals surface area contributed by atoms with E-state index in [1.54, 1.807) is 0 Å². The number of methoxy groups -OCH3 is 1. The molecule has 2 aliphatic rings. The van der Waals surface area contributed by atoms with E-state index in [0.29, 0.717) is 13.0 Å². The predicted octanol–water partition coefficient (Wildman–Crippen LogP) is 3.86. The van der Waals surface area contributed by atoms with Crippen LogP contribution in [0.5, 0.6) is 5.75 Å². The molecule has 1 aliphatic carbocycles. The molecule has 0 radical (unpaired) electrons. The van der Waals surface area contributed by atoms with Gasteiger partial charge in [-0.2, -0.15) is 0 Å². The Balaban J connectivity index is 1.56. The van der Waals surface area contributed by atoms with Gasteiger partial charge in [-0.3, -0.25) is 14.4 Å². The molecule has 0 aromatic heterocycles. The Morgan fingerprint density at radius 1 is 1.03 bits per heavy atom. The van der Waals surface area contributed by atoms with Crippen LogP contribution in [0.15, 0.2) is 66.2 Å². The molecule has 0 unspecified atom stereocenters. The Bertz CT molecular complexity index is 1140. The van der Waals surface area contributed by atoms with Crippen molar-refractivity contribution in [3.63, 3.8) is 0 Å². The molecule has 1 fully saturated rings. The molecular formula is C29H33NO6. The minimum Gasteiger partial charge on any atom is -0.489 e. The van der Waals surface area contributed by atoms with E-state index in [4.69, 9.17) is 14.2 Å². The van der Waals surface area contributed by atoms with Gasteiger partial charge in [0, 0.05) is 24.8 Å². The highest BCUT2D eigenvalue weighted by Crippen LogP contribution is 2.53. The van der Waals surface area contributed by atoms with Crippen molar-refractivity contribution in [2.24, 2.45) is 23.2 Å². The van der Waals surface area contributed by atoms with Crippen molar-refractivity contribution in [1.29, 1.82) is 0 Å². The summed E-state index contributed by atoms with van der Waals surface area (Å²) >= 11 is 0. The van der Waals surface area contributed by atoms with Crippen LogP contribution in [0.2, 0.25) is 0 Å². The van der Waals surface area contributed by atoms with Crippen LogP contribution >= 0.6 is 0 Å². The molecule has 36 heavy (non-hydrogen) atoms. The van der Waals surface area contributed by atoms with Gasteiger partial charge in [0.05, 0.1) is 13.7 Å². The second-order valence-electron chi connectivity index (χ2n) is 9.70. The van der Waals surface area contributed by atoms with Gasteiger partial charge in [0.15, 0.2) is 5.41 Å². The number of benzene rings is 2. The number of hydrogen-bond acceptors (Lipinski definition) is 6. The number of amides is 1.